The molecule has 1 aliphatic rings. The van der Waals surface area contributed by atoms with Gasteiger partial charge < -0.3 is 0 Å². The Bertz CT molecular complexity index is 371. The zero-order chi connectivity index (χ0) is 9.47. The Morgan fingerprint density at radius 1 is 1.31 bits per heavy atom. The Kier molecular flexibility index (Phi) is 1.94. The van der Waals surface area contributed by atoms with Gasteiger partial charge in [0.05, 0.1) is 5.41 Å². The van der Waals surface area contributed by atoms with Crippen molar-refractivity contribution >= 4 is 23.2 Å². The number of terminal acetylenes is 1. The Balaban J connectivity index is 2.58. The van der Waals surface area contributed by atoms with Crippen molar-refractivity contribution in [2.45, 2.75) is 18.3 Å². The summed E-state index contributed by atoms with van der Waals surface area (Å²) in [6.45, 7) is 0. The van der Waals surface area contributed by atoms with Crippen LogP contribution in [0.25, 0.3) is 0 Å². The third-order valence-electron chi connectivity index (χ3n) is 2.26. The lowest BCUT2D eigenvalue weighted by Gasteiger charge is -2.09. The molecule has 0 aromatic carbocycles. The number of rotatable bonds is 1. The Morgan fingerprint density at radius 3 is 2.23 bits per heavy atom. The summed E-state index contributed by atoms with van der Waals surface area (Å²) in [6, 6.07) is 0. The maximum absolute atomic E-state index is 5.90. The van der Waals surface area contributed by atoms with Gasteiger partial charge in [-0.15, -0.1) is 6.42 Å². The molecule has 0 saturated heterocycles. The molecule has 1 heterocycles. The van der Waals surface area contributed by atoms with E-state index in [1.165, 1.54) is 6.33 Å². The lowest BCUT2D eigenvalue weighted by atomic mass is 10.0. The highest BCUT2D eigenvalue weighted by Gasteiger charge is 2.46. The van der Waals surface area contributed by atoms with Crippen molar-refractivity contribution in [1.82, 2.24) is 9.97 Å². The van der Waals surface area contributed by atoms with E-state index in [1.54, 1.807) is 0 Å². The highest BCUT2D eigenvalue weighted by atomic mass is 35.5. The van der Waals surface area contributed by atoms with Crippen LogP contribution >= 0.6 is 23.2 Å². The maximum atomic E-state index is 5.90. The summed E-state index contributed by atoms with van der Waals surface area (Å²) >= 11 is 11.8. The minimum absolute atomic E-state index is 0.296. The molecule has 1 aliphatic carbocycles. The second-order valence-electron chi connectivity index (χ2n) is 3.06. The van der Waals surface area contributed by atoms with E-state index in [-0.39, 0.29) is 5.41 Å². The van der Waals surface area contributed by atoms with Gasteiger partial charge in [-0.2, -0.15) is 0 Å². The largest absolute Gasteiger partial charge is 0.224 e. The van der Waals surface area contributed by atoms with E-state index in [1.807, 2.05) is 0 Å². The van der Waals surface area contributed by atoms with Crippen LogP contribution in [0.3, 0.4) is 0 Å². The van der Waals surface area contributed by atoms with E-state index in [2.05, 4.69) is 15.9 Å². The SMILES string of the molecule is C#CC1(c2c(Cl)ncnc2Cl)CC1. The van der Waals surface area contributed by atoms with E-state index < -0.39 is 0 Å². The zero-order valence-electron chi connectivity index (χ0n) is 6.72. The van der Waals surface area contributed by atoms with Gasteiger partial charge in [0.2, 0.25) is 0 Å². The molecule has 4 heteroatoms. The summed E-state index contributed by atoms with van der Waals surface area (Å²) < 4.78 is 0. The van der Waals surface area contributed by atoms with Crippen molar-refractivity contribution in [3.05, 3.63) is 22.2 Å². The molecule has 2 rings (SSSR count). The molecule has 0 atom stereocenters. The highest BCUT2D eigenvalue weighted by molar-refractivity contribution is 6.34. The zero-order valence-corrected chi connectivity index (χ0v) is 8.23. The van der Waals surface area contributed by atoms with Crippen molar-refractivity contribution in [2.24, 2.45) is 0 Å². The normalized spacial score (nSPS) is 17.9. The fourth-order valence-electron chi connectivity index (χ4n) is 1.33. The first-order valence-corrected chi connectivity index (χ1v) is 4.59. The van der Waals surface area contributed by atoms with Crippen LogP contribution in [0.1, 0.15) is 18.4 Å². The number of hydrogen-bond acceptors (Lipinski definition) is 2. The number of hydrogen-bond donors (Lipinski definition) is 0. The first kappa shape index (κ1) is 8.80. The Labute approximate surface area is 86.3 Å². The van der Waals surface area contributed by atoms with Gasteiger partial charge in [0, 0.05) is 5.56 Å². The van der Waals surface area contributed by atoms with Gasteiger partial charge in [-0.3, -0.25) is 0 Å². The van der Waals surface area contributed by atoms with Crippen LogP contribution in [-0.2, 0) is 5.41 Å². The molecule has 66 valence electrons. The number of nitrogens with zero attached hydrogens (tertiary/aromatic N) is 2. The van der Waals surface area contributed by atoms with Crippen LogP contribution in [0, 0.1) is 12.3 Å². The second kappa shape index (κ2) is 2.87. The van der Waals surface area contributed by atoms with Gasteiger partial charge in [0.15, 0.2) is 0 Å². The lowest BCUT2D eigenvalue weighted by molar-refractivity contribution is 0.898. The first-order chi connectivity index (χ1) is 6.19. The van der Waals surface area contributed by atoms with Crippen LogP contribution in [0.4, 0.5) is 0 Å². The van der Waals surface area contributed by atoms with Gasteiger partial charge in [-0.25, -0.2) is 9.97 Å². The Hall–Kier alpha value is -0.780. The van der Waals surface area contributed by atoms with Crippen molar-refractivity contribution in [1.29, 1.82) is 0 Å². The summed E-state index contributed by atoms with van der Waals surface area (Å²) in [7, 11) is 0. The molecule has 1 fully saturated rings. The van der Waals surface area contributed by atoms with Crippen LogP contribution in [0.15, 0.2) is 6.33 Å². The predicted octanol–water partition coefficient (Wildman–Crippen LogP) is 2.45. The summed E-state index contributed by atoms with van der Waals surface area (Å²) in [5.41, 5.74) is 0.413. The van der Waals surface area contributed by atoms with Crippen LogP contribution in [0.5, 0.6) is 0 Å². The third-order valence-corrected chi connectivity index (χ3v) is 2.83. The Morgan fingerprint density at radius 2 is 1.85 bits per heavy atom. The molecule has 0 N–H and O–H groups in total. The van der Waals surface area contributed by atoms with E-state index in [4.69, 9.17) is 29.6 Å². The molecule has 0 radical (unpaired) electrons. The van der Waals surface area contributed by atoms with Gasteiger partial charge in [-0.1, -0.05) is 29.1 Å². The van der Waals surface area contributed by atoms with E-state index in [0.29, 0.717) is 15.9 Å². The number of aromatic nitrogens is 2. The molecule has 1 aromatic heterocycles. The quantitative estimate of drug-likeness (QED) is 0.528. The third kappa shape index (κ3) is 1.29. The molecule has 1 aromatic rings. The standard InChI is InChI=1S/C9H6Cl2N2/c1-2-9(3-4-9)6-7(10)12-5-13-8(6)11/h1,5H,3-4H2. The number of halogens is 2. The second-order valence-corrected chi connectivity index (χ2v) is 3.77. The van der Waals surface area contributed by atoms with Crippen LogP contribution in [-0.4, -0.2) is 9.97 Å². The molecule has 13 heavy (non-hydrogen) atoms. The predicted molar refractivity (Wildman–Crippen MR) is 51.8 cm³/mol. The fourth-order valence-corrected chi connectivity index (χ4v) is 2.01. The molecule has 0 amide bonds. The van der Waals surface area contributed by atoms with Gasteiger partial charge >= 0.3 is 0 Å². The fraction of sp³-hybridized carbons (Fsp3) is 0.333. The minimum Gasteiger partial charge on any atom is -0.224 e. The summed E-state index contributed by atoms with van der Waals surface area (Å²) in [5, 5.41) is 0.742. The topological polar surface area (TPSA) is 25.8 Å². The van der Waals surface area contributed by atoms with Crippen molar-refractivity contribution in [3.8, 4) is 12.3 Å². The summed E-state index contributed by atoms with van der Waals surface area (Å²) in [4.78, 5) is 7.74. The molecule has 0 unspecified atom stereocenters. The molecular weight excluding hydrogens is 207 g/mol. The molecule has 0 spiro atoms. The monoisotopic (exact) mass is 212 g/mol. The molecule has 1 saturated carbocycles. The minimum atomic E-state index is -0.296. The first-order valence-electron chi connectivity index (χ1n) is 3.84. The average molecular weight is 213 g/mol. The van der Waals surface area contributed by atoms with Gasteiger partial charge in [0.1, 0.15) is 16.6 Å². The smallest absolute Gasteiger partial charge is 0.138 e. The molecule has 0 aliphatic heterocycles. The van der Waals surface area contributed by atoms with Crippen molar-refractivity contribution < 1.29 is 0 Å². The molecular formula is C9H6Cl2N2. The van der Waals surface area contributed by atoms with Crippen molar-refractivity contribution in [2.75, 3.05) is 0 Å². The van der Waals surface area contributed by atoms with Crippen LogP contribution in [0.2, 0.25) is 10.3 Å². The maximum Gasteiger partial charge on any atom is 0.138 e. The molecule has 2 nitrogen and oxygen atoms in total. The van der Waals surface area contributed by atoms with Gasteiger partial charge in [0.25, 0.3) is 0 Å². The van der Waals surface area contributed by atoms with E-state index in [0.717, 1.165) is 12.8 Å². The van der Waals surface area contributed by atoms with Gasteiger partial charge in [-0.05, 0) is 12.8 Å². The van der Waals surface area contributed by atoms with E-state index in [9.17, 15) is 0 Å². The molecule has 0 bridgehead atoms. The lowest BCUT2D eigenvalue weighted by Crippen LogP contribution is -2.06. The summed E-state index contributed by atoms with van der Waals surface area (Å²) in [5.74, 6) is 2.70. The van der Waals surface area contributed by atoms with Crippen LogP contribution < -0.4 is 0 Å². The summed E-state index contributed by atoms with van der Waals surface area (Å²) in [6.07, 6.45) is 8.58. The average Bonchev–Trinajstić information content (AvgIpc) is 2.85. The van der Waals surface area contributed by atoms with Crippen molar-refractivity contribution in [3.63, 3.8) is 0 Å². The highest BCUT2D eigenvalue weighted by Crippen LogP contribution is 2.51. The van der Waals surface area contributed by atoms with E-state index >= 15 is 0 Å².